The number of nitrogens with zero attached hydrogens (tertiary/aromatic N) is 2. The molecular weight excluding hydrogens is 338 g/mol. The molecule has 0 spiro atoms. The number of hydrogen-bond donors (Lipinski definition) is 1. The molecule has 21 heavy (non-hydrogen) atoms. The molecule has 1 aromatic carbocycles. The van der Waals surface area contributed by atoms with Crippen molar-refractivity contribution in [1.29, 1.82) is 0 Å². The molecule has 6 nitrogen and oxygen atoms in total. The van der Waals surface area contributed by atoms with Gasteiger partial charge in [0.25, 0.3) is 0 Å². The third kappa shape index (κ3) is 2.71. The number of aromatic nitrogens is 2. The molecule has 2 N–H and O–H groups in total. The van der Waals surface area contributed by atoms with E-state index in [0.29, 0.717) is 17.2 Å². The van der Waals surface area contributed by atoms with Crippen molar-refractivity contribution in [1.82, 2.24) is 9.78 Å². The van der Waals surface area contributed by atoms with Crippen LogP contribution in [0.25, 0.3) is 0 Å². The zero-order valence-corrected chi connectivity index (χ0v) is 14.0. The molecular formula is C14H18BrN3O3. The Morgan fingerprint density at radius 3 is 2.29 bits per heavy atom. The molecule has 114 valence electrons. The number of ether oxygens (including phenoxy) is 3. The van der Waals surface area contributed by atoms with E-state index in [1.54, 1.807) is 38.3 Å². The lowest BCUT2D eigenvalue weighted by atomic mass is 10.0. The second kappa shape index (κ2) is 6.36. The molecule has 0 amide bonds. The van der Waals surface area contributed by atoms with Gasteiger partial charge in [-0.2, -0.15) is 5.10 Å². The lowest BCUT2D eigenvalue weighted by Gasteiger charge is -2.20. The highest BCUT2D eigenvalue weighted by atomic mass is 79.9. The fraction of sp³-hybridized carbons (Fsp3) is 0.357. The first-order valence-corrected chi connectivity index (χ1v) is 7.06. The number of methoxy groups -OCH3 is 3. The Hall–Kier alpha value is -1.73. The normalized spacial score (nSPS) is 12.1. The Bertz CT molecular complexity index is 623. The van der Waals surface area contributed by atoms with E-state index in [-0.39, 0.29) is 0 Å². The van der Waals surface area contributed by atoms with Crippen LogP contribution in [0.4, 0.5) is 0 Å². The maximum atomic E-state index is 6.39. The van der Waals surface area contributed by atoms with Gasteiger partial charge in [0.2, 0.25) is 5.75 Å². The van der Waals surface area contributed by atoms with Crippen molar-refractivity contribution in [2.24, 2.45) is 12.8 Å². The first-order valence-electron chi connectivity index (χ1n) is 6.27. The number of hydrogen-bond acceptors (Lipinski definition) is 5. The summed E-state index contributed by atoms with van der Waals surface area (Å²) < 4.78 is 18.7. The fourth-order valence-electron chi connectivity index (χ4n) is 2.29. The Morgan fingerprint density at radius 1 is 1.14 bits per heavy atom. The molecule has 0 saturated carbocycles. The van der Waals surface area contributed by atoms with Gasteiger partial charge >= 0.3 is 0 Å². The van der Waals surface area contributed by atoms with Crippen LogP contribution in [0.1, 0.15) is 17.3 Å². The summed E-state index contributed by atoms with van der Waals surface area (Å²) in [6.07, 6.45) is 1.71. The first-order chi connectivity index (χ1) is 10.0. The predicted octanol–water partition coefficient (Wildman–Crippen LogP) is 2.26. The highest BCUT2D eigenvalue weighted by Gasteiger charge is 2.24. The van der Waals surface area contributed by atoms with Gasteiger partial charge in [-0.25, -0.2) is 0 Å². The number of nitrogens with two attached hydrogens (primary N) is 1. The second-order valence-corrected chi connectivity index (χ2v) is 5.26. The molecule has 0 bridgehead atoms. The van der Waals surface area contributed by atoms with Gasteiger partial charge in [-0.1, -0.05) is 0 Å². The van der Waals surface area contributed by atoms with Crippen LogP contribution in [0.2, 0.25) is 0 Å². The molecule has 0 aliphatic carbocycles. The van der Waals surface area contributed by atoms with Gasteiger partial charge in [-0.05, 0) is 28.1 Å². The van der Waals surface area contributed by atoms with Gasteiger partial charge in [0, 0.05) is 12.6 Å². The summed E-state index contributed by atoms with van der Waals surface area (Å²) in [5.41, 5.74) is 8.03. The first kappa shape index (κ1) is 15.7. The van der Waals surface area contributed by atoms with Crippen molar-refractivity contribution in [3.05, 3.63) is 34.1 Å². The largest absolute Gasteiger partial charge is 0.493 e. The molecule has 1 heterocycles. The summed E-state index contributed by atoms with van der Waals surface area (Å²) in [4.78, 5) is 0. The van der Waals surface area contributed by atoms with Crippen LogP contribution in [0.3, 0.4) is 0 Å². The molecule has 0 fully saturated rings. The molecule has 1 atom stereocenters. The van der Waals surface area contributed by atoms with Gasteiger partial charge in [0.05, 0.1) is 43.7 Å². The third-order valence-electron chi connectivity index (χ3n) is 3.30. The highest BCUT2D eigenvalue weighted by molar-refractivity contribution is 9.10. The van der Waals surface area contributed by atoms with Crippen LogP contribution in [-0.4, -0.2) is 31.1 Å². The Balaban J connectivity index is 2.58. The molecule has 0 aliphatic heterocycles. The van der Waals surface area contributed by atoms with Gasteiger partial charge in [0.1, 0.15) is 0 Å². The predicted molar refractivity (Wildman–Crippen MR) is 83.0 cm³/mol. The standard InChI is InChI=1S/C14H18BrN3O3/c1-18-12(9(15)7-17-18)11(16)8-5-6-10(19-2)14(21-4)13(8)20-3/h5-7,11H,16H2,1-4H3. The average Bonchev–Trinajstić information content (AvgIpc) is 2.83. The van der Waals surface area contributed by atoms with E-state index in [4.69, 9.17) is 19.9 Å². The minimum Gasteiger partial charge on any atom is -0.493 e. The van der Waals surface area contributed by atoms with Crippen LogP contribution < -0.4 is 19.9 Å². The lowest BCUT2D eigenvalue weighted by Crippen LogP contribution is -2.17. The fourth-order valence-corrected chi connectivity index (χ4v) is 2.88. The van der Waals surface area contributed by atoms with Gasteiger partial charge in [-0.3, -0.25) is 4.68 Å². The van der Waals surface area contributed by atoms with E-state index < -0.39 is 6.04 Å². The van der Waals surface area contributed by atoms with E-state index in [0.717, 1.165) is 15.7 Å². The maximum absolute atomic E-state index is 6.39. The topological polar surface area (TPSA) is 71.5 Å². The van der Waals surface area contributed by atoms with Crippen molar-refractivity contribution < 1.29 is 14.2 Å². The van der Waals surface area contributed by atoms with Crippen LogP contribution in [-0.2, 0) is 7.05 Å². The van der Waals surface area contributed by atoms with Crippen LogP contribution in [0, 0.1) is 0 Å². The average molecular weight is 356 g/mol. The molecule has 1 unspecified atom stereocenters. The zero-order chi connectivity index (χ0) is 15.6. The zero-order valence-electron chi connectivity index (χ0n) is 12.4. The van der Waals surface area contributed by atoms with Crippen LogP contribution >= 0.6 is 15.9 Å². The smallest absolute Gasteiger partial charge is 0.203 e. The SMILES string of the molecule is COc1ccc(C(N)c2c(Br)cnn2C)c(OC)c1OC. The molecule has 1 aromatic heterocycles. The van der Waals surface area contributed by atoms with Gasteiger partial charge in [0.15, 0.2) is 11.5 Å². The summed E-state index contributed by atoms with van der Waals surface area (Å²) in [6, 6.07) is 3.26. The molecule has 0 saturated heterocycles. The van der Waals surface area contributed by atoms with Crippen molar-refractivity contribution in [2.75, 3.05) is 21.3 Å². The van der Waals surface area contributed by atoms with E-state index in [1.165, 1.54) is 0 Å². The second-order valence-electron chi connectivity index (χ2n) is 4.40. The third-order valence-corrected chi connectivity index (χ3v) is 3.91. The van der Waals surface area contributed by atoms with Crippen LogP contribution in [0.5, 0.6) is 17.2 Å². The minimum atomic E-state index is -0.415. The minimum absolute atomic E-state index is 0.415. The summed E-state index contributed by atoms with van der Waals surface area (Å²) in [5, 5.41) is 4.19. The molecule has 2 aromatic rings. The molecule has 0 radical (unpaired) electrons. The summed E-state index contributed by atoms with van der Waals surface area (Å²) in [5.74, 6) is 1.66. The van der Waals surface area contributed by atoms with Crippen LogP contribution in [0.15, 0.2) is 22.8 Å². The maximum Gasteiger partial charge on any atom is 0.203 e. The van der Waals surface area contributed by atoms with E-state index in [9.17, 15) is 0 Å². The summed E-state index contributed by atoms with van der Waals surface area (Å²) in [7, 11) is 6.56. The molecule has 7 heteroatoms. The molecule has 2 rings (SSSR count). The number of halogens is 1. The van der Waals surface area contributed by atoms with Crippen molar-refractivity contribution >= 4 is 15.9 Å². The van der Waals surface area contributed by atoms with E-state index in [1.807, 2.05) is 13.1 Å². The Labute approximate surface area is 131 Å². The Morgan fingerprint density at radius 2 is 1.81 bits per heavy atom. The van der Waals surface area contributed by atoms with Crippen molar-refractivity contribution in [3.8, 4) is 17.2 Å². The highest BCUT2D eigenvalue weighted by Crippen LogP contribution is 2.43. The summed E-state index contributed by atoms with van der Waals surface area (Å²) in [6.45, 7) is 0. The van der Waals surface area contributed by atoms with Gasteiger partial charge < -0.3 is 19.9 Å². The van der Waals surface area contributed by atoms with Crippen molar-refractivity contribution in [3.63, 3.8) is 0 Å². The monoisotopic (exact) mass is 355 g/mol. The molecule has 0 aliphatic rings. The van der Waals surface area contributed by atoms with E-state index >= 15 is 0 Å². The number of benzene rings is 1. The summed E-state index contributed by atoms with van der Waals surface area (Å²) >= 11 is 3.47. The lowest BCUT2D eigenvalue weighted by molar-refractivity contribution is 0.321. The van der Waals surface area contributed by atoms with Gasteiger partial charge in [-0.15, -0.1) is 0 Å². The number of aryl methyl sites for hydroxylation is 1. The van der Waals surface area contributed by atoms with Crippen molar-refractivity contribution in [2.45, 2.75) is 6.04 Å². The quantitative estimate of drug-likeness (QED) is 0.890. The number of rotatable bonds is 5. The van der Waals surface area contributed by atoms with E-state index in [2.05, 4.69) is 21.0 Å². The Kier molecular flexibility index (Phi) is 4.74.